The van der Waals surface area contributed by atoms with Crippen LogP contribution in [0.5, 0.6) is 5.75 Å². The zero-order valence-electron chi connectivity index (χ0n) is 17.0. The summed E-state index contributed by atoms with van der Waals surface area (Å²) in [5, 5.41) is 2.52. The van der Waals surface area contributed by atoms with Gasteiger partial charge < -0.3 is 19.2 Å². The van der Waals surface area contributed by atoms with Crippen LogP contribution in [0.4, 0.5) is 23.2 Å². The van der Waals surface area contributed by atoms with Crippen molar-refractivity contribution in [2.24, 2.45) is 5.92 Å². The number of aromatic nitrogens is 3. The van der Waals surface area contributed by atoms with Gasteiger partial charge in [0.15, 0.2) is 0 Å². The predicted molar refractivity (Wildman–Crippen MR) is 106 cm³/mol. The van der Waals surface area contributed by atoms with Crippen molar-refractivity contribution in [1.82, 2.24) is 14.4 Å². The van der Waals surface area contributed by atoms with Crippen LogP contribution in [0.3, 0.4) is 0 Å². The summed E-state index contributed by atoms with van der Waals surface area (Å²) in [5.41, 5.74) is -0.758. The number of halogens is 4. The fourth-order valence-electron chi connectivity index (χ4n) is 3.47. The van der Waals surface area contributed by atoms with Crippen LogP contribution in [0.25, 0.3) is 5.65 Å². The number of imidazole rings is 1. The first-order valence-corrected chi connectivity index (χ1v) is 9.99. The topological polar surface area (TPSA) is 77.8 Å². The molecule has 32 heavy (non-hydrogen) atoms. The fraction of sp³-hybridized carbons (Fsp3) is 0.381. The Morgan fingerprint density at radius 1 is 1.34 bits per heavy atom. The van der Waals surface area contributed by atoms with E-state index in [4.69, 9.17) is 9.47 Å². The highest BCUT2D eigenvalue weighted by atomic mass is 19.4. The summed E-state index contributed by atoms with van der Waals surface area (Å²) < 4.78 is 65.9. The van der Waals surface area contributed by atoms with Crippen LogP contribution in [-0.2, 0) is 10.9 Å². The van der Waals surface area contributed by atoms with Gasteiger partial charge in [-0.1, -0.05) is 6.07 Å². The van der Waals surface area contributed by atoms with E-state index in [0.717, 1.165) is 12.1 Å². The van der Waals surface area contributed by atoms with Gasteiger partial charge in [0.05, 0.1) is 18.9 Å². The number of rotatable bonds is 6. The van der Waals surface area contributed by atoms with Crippen molar-refractivity contribution < 1.29 is 31.8 Å². The molecule has 1 aliphatic heterocycles. The van der Waals surface area contributed by atoms with Gasteiger partial charge in [-0.15, -0.1) is 0 Å². The molecule has 11 heteroatoms. The summed E-state index contributed by atoms with van der Waals surface area (Å²) >= 11 is 0. The average Bonchev–Trinajstić information content (AvgIpc) is 3.43. The first-order chi connectivity index (χ1) is 15.3. The number of carbonyl (C=O) groups excluding carboxylic acids is 1. The van der Waals surface area contributed by atoms with Crippen molar-refractivity contribution in [3.63, 3.8) is 0 Å². The second-order valence-electron chi connectivity index (χ2n) is 7.30. The number of alkyl halides is 4. The molecule has 2 atom stereocenters. The van der Waals surface area contributed by atoms with Gasteiger partial charge in [-0.2, -0.15) is 13.2 Å². The Bertz CT molecular complexity index is 1130. The summed E-state index contributed by atoms with van der Waals surface area (Å²) in [7, 11) is 0. The summed E-state index contributed by atoms with van der Waals surface area (Å²) in [5.74, 6) is -0.877. The van der Waals surface area contributed by atoms with Crippen molar-refractivity contribution in [3.05, 3.63) is 53.7 Å². The van der Waals surface area contributed by atoms with E-state index in [9.17, 15) is 22.4 Å². The molecular formula is C21H20F4N4O3. The number of pyridine rings is 2. The number of fused-ring (bicyclic) bond motifs is 1. The van der Waals surface area contributed by atoms with Gasteiger partial charge >= 0.3 is 6.18 Å². The molecule has 4 heterocycles. The Labute approximate surface area is 180 Å². The zero-order chi connectivity index (χ0) is 22.9. The Kier molecular flexibility index (Phi) is 6.00. The van der Waals surface area contributed by atoms with Gasteiger partial charge in [-0.3, -0.25) is 4.79 Å². The van der Waals surface area contributed by atoms with Gasteiger partial charge in [0.2, 0.25) is 0 Å². The van der Waals surface area contributed by atoms with Gasteiger partial charge in [0, 0.05) is 31.0 Å². The maximum atomic E-state index is 14.8. The van der Waals surface area contributed by atoms with E-state index in [-0.39, 0.29) is 29.7 Å². The summed E-state index contributed by atoms with van der Waals surface area (Å²) in [6.45, 7) is 2.83. The lowest BCUT2D eigenvalue weighted by atomic mass is 10.0. The number of hydrogen-bond donors (Lipinski definition) is 1. The van der Waals surface area contributed by atoms with Crippen molar-refractivity contribution in [2.45, 2.75) is 25.7 Å². The molecule has 0 saturated carbocycles. The summed E-state index contributed by atoms with van der Waals surface area (Å²) in [6.07, 6.45) is -2.40. The highest BCUT2D eigenvalue weighted by Crippen LogP contribution is 2.34. The van der Waals surface area contributed by atoms with Crippen LogP contribution in [0.2, 0.25) is 0 Å². The molecule has 7 nitrogen and oxygen atoms in total. The first-order valence-electron chi connectivity index (χ1n) is 9.99. The molecule has 0 unspecified atom stereocenters. The van der Waals surface area contributed by atoms with Crippen molar-refractivity contribution >= 4 is 17.2 Å². The van der Waals surface area contributed by atoms with Crippen LogP contribution >= 0.6 is 0 Å². The SMILES string of the molecule is CCOc1cc2nc([C@H](F)[C@@H]3CCOC3)cn2cc1NC(=O)c1cccc(C(F)(F)F)n1. The van der Waals surface area contributed by atoms with E-state index in [1.54, 1.807) is 6.92 Å². The highest BCUT2D eigenvalue weighted by Gasteiger charge is 2.33. The molecule has 0 spiro atoms. The van der Waals surface area contributed by atoms with E-state index in [0.29, 0.717) is 25.3 Å². The third-order valence-electron chi connectivity index (χ3n) is 5.05. The minimum absolute atomic E-state index is 0.187. The number of ether oxygens (including phenoxy) is 2. The second-order valence-corrected chi connectivity index (χ2v) is 7.30. The molecule has 1 amide bonds. The molecule has 0 bridgehead atoms. The molecule has 3 aromatic heterocycles. The average molecular weight is 452 g/mol. The van der Waals surface area contributed by atoms with E-state index in [1.807, 2.05) is 0 Å². The normalized spacial score (nSPS) is 17.5. The molecule has 0 aliphatic carbocycles. The predicted octanol–water partition coefficient (Wildman–Crippen LogP) is 4.45. The number of nitrogens with zero attached hydrogens (tertiary/aromatic N) is 3. The molecule has 170 valence electrons. The van der Waals surface area contributed by atoms with E-state index in [1.165, 1.54) is 28.9 Å². The number of amides is 1. The molecule has 1 aliphatic rings. The fourth-order valence-corrected chi connectivity index (χ4v) is 3.47. The molecular weight excluding hydrogens is 432 g/mol. The van der Waals surface area contributed by atoms with Crippen LogP contribution < -0.4 is 10.1 Å². The highest BCUT2D eigenvalue weighted by molar-refractivity contribution is 6.03. The molecule has 1 fully saturated rings. The number of carbonyl (C=O) groups is 1. The Morgan fingerprint density at radius 2 is 2.16 bits per heavy atom. The van der Waals surface area contributed by atoms with Gasteiger partial charge in [-0.05, 0) is 25.5 Å². The monoisotopic (exact) mass is 452 g/mol. The third-order valence-corrected chi connectivity index (χ3v) is 5.05. The van der Waals surface area contributed by atoms with Gasteiger partial charge in [0.25, 0.3) is 5.91 Å². The molecule has 3 aromatic rings. The molecule has 0 aromatic carbocycles. The van der Waals surface area contributed by atoms with Crippen molar-refractivity contribution in [2.75, 3.05) is 25.1 Å². The van der Waals surface area contributed by atoms with E-state index >= 15 is 0 Å². The van der Waals surface area contributed by atoms with Crippen LogP contribution in [-0.4, -0.2) is 40.1 Å². The quantitative estimate of drug-likeness (QED) is 0.560. The first kappa shape index (κ1) is 22.0. The van der Waals surface area contributed by atoms with Crippen LogP contribution in [0.15, 0.2) is 36.7 Å². The Morgan fingerprint density at radius 3 is 2.84 bits per heavy atom. The lowest BCUT2D eigenvalue weighted by Crippen LogP contribution is -2.17. The minimum atomic E-state index is -4.67. The Hall–Kier alpha value is -3.21. The van der Waals surface area contributed by atoms with E-state index < -0.39 is 29.6 Å². The maximum absolute atomic E-state index is 14.8. The number of hydrogen-bond acceptors (Lipinski definition) is 5. The molecule has 1 N–H and O–H groups in total. The number of nitrogens with one attached hydrogen (secondary N) is 1. The van der Waals surface area contributed by atoms with Crippen molar-refractivity contribution in [1.29, 1.82) is 0 Å². The van der Waals surface area contributed by atoms with Crippen LogP contribution in [0, 0.1) is 5.92 Å². The molecule has 1 saturated heterocycles. The number of anilines is 1. The lowest BCUT2D eigenvalue weighted by Gasteiger charge is -2.12. The minimum Gasteiger partial charge on any atom is -0.491 e. The summed E-state index contributed by atoms with van der Waals surface area (Å²) in [4.78, 5) is 20.3. The van der Waals surface area contributed by atoms with Crippen molar-refractivity contribution in [3.8, 4) is 5.75 Å². The molecule has 0 radical (unpaired) electrons. The van der Waals surface area contributed by atoms with Gasteiger partial charge in [-0.25, -0.2) is 14.4 Å². The van der Waals surface area contributed by atoms with E-state index in [2.05, 4.69) is 15.3 Å². The largest absolute Gasteiger partial charge is 0.491 e. The second kappa shape index (κ2) is 8.73. The molecule has 4 rings (SSSR count). The smallest absolute Gasteiger partial charge is 0.433 e. The van der Waals surface area contributed by atoms with Gasteiger partial charge in [0.1, 0.15) is 34.6 Å². The standard InChI is InChI=1S/C21H20F4N4O3/c1-2-32-16-8-18-27-15(19(22)12-6-7-31-11-12)10-29(18)9-14(16)28-20(30)13-4-3-5-17(26-13)21(23,24)25/h3-5,8-10,12,19H,2,6-7,11H2,1H3,(H,28,30)/t12-,19-/m1/s1. The Balaban J connectivity index is 1.63. The zero-order valence-corrected chi connectivity index (χ0v) is 17.0. The summed E-state index contributed by atoms with van der Waals surface area (Å²) in [6, 6.07) is 4.59. The maximum Gasteiger partial charge on any atom is 0.433 e. The lowest BCUT2D eigenvalue weighted by molar-refractivity contribution is -0.141. The van der Waals surface area contributed by atoms with Crippen LogP contribution in [0.1, 0.15) is 41.4 Å². The third kappa shape index (κ3) is 4.52.